The fraction of sp³-hybridized carbons (Fsp3) is 0.611. The van der Waals surface area contributed by atoms with Crippen molar-refractivity contribution in [2.75, 3.05) is 5.32 Å². The highest BCUT2D eigenvalue weighted by Crippen LogP contribution is 2.24. The number of benzene rings is 1. The maximum atomic E-state index is 12.0. The first-order valence-electron chi connectivity index (χ1n) is 7.63. The van der Waals surface area contributed by atoms with Crippen LogP contribution in [0, 0.1) is 5.41 Å². The standard InChI is InChI=1S/C18H30N2O/c1-17(2,3)12-14(19)11-16(21)20-15-9-7-13(8-10-15)18(4,5)6/h7-10,14H,11-12,19H2,1-6H3,(H,20,21). The average Bonchev–Trinajstić information content (AvgIpc) is 2.25. The lowest BCUT2D eigenvalue weighted by molar-refractivity contribution is -0.116. The molecule has 0 aliphatic heterocycles. The number of rotatable bonds is 4. The Bertz CT molecular complexity index is 463. The molecule has 0 aliphatic rings. The number of hydrogen-bond acceptors (Lipinski definition) is 2. The van der Waals surface area contributed by atoms with Crippen molar-refractivity contribution < 1.29 is 4.79 Å². The fourth-order valence-electron chi connectivity index (χ4n) is 2.36. The maximum Gasteiger partial charge on any atom is 0.225 e. The maximum absolute atomic E-state index is 12.0. The van der Waals surface area contributed by atoms with Gasteiger partial charge in [0, 0.05) is 18.2 Å². The number of amides is 1. The predicted molar refractivity (Wildman–Crippen MR) is 90.4 cm³/mol. The third-order valence-electron chi connectivity index (χ3n) is 3.36. The minimum Gasteiger partial charge on any atom is -0.327 e. The Hall–Kier alpha value is -1.35. The van der Waals surface area contributed by atoms with Gasteiger partial charge in [0.2, 0.25) is 5.91 Å². The zero-order valence-electron chi connectivity index (χ0n) is 14.3. The van der Waals surface area contributed by atoms with Gasteiger partial charge in [-0.15, -0.1) is 0 Å². The summed E-state index contributed by atoms with van der Waals surface area (Å²) in [5.41, 5.74) is 8.39. The largest absolute Gasteiger partial charge is 0.327 e. The van der Waals surface area contributed by atoms with Crippen LogP contribution in [0.25, 0.3) is 0 Å². The number of nitrogens with one attached hydrogen (secondary N) is 1. The van der Waals surface area contributed by atoms with Gasteiger partial charge < -0.3 is 11.1 Å². The summed E-state index contributed by atoms with van der Waals surface area (Å²) in [6, 6.07) is 7.93. The molecular weight excluding hydrogens is 260 g/mol. The summed E-state index contributed by atoms with van der Waals surface area (Å²) < 4.78 is 0. The molecule has 0 aliphatic carbocycles. The molecule has 3 nitrogen and oxygen atoms in total. The molecule has 1 aromatic rings. The molecule has 0 spiro atoms. The Morgan fingerprint density at radius 2 is 1.62 bits per heavy atom. The van der Waals surface area contributed by atoms with Crippen LogP contribution in [0.5, 0.6) is 0 Å². The van der Waals surface area contributed by atoms with Crippen molar-refractivity contribution >= 4 is 11.6 Å². The lowest BCUT2D eigenvalue weighted by atomic mass is 9.87. The van der Waals surface area contributed by atoms with Crippen molar-refractivity contribution in [3.05, 3.63) is 29.8 Å². The predicted octanol–water partition coefficient (Wildman–Crippen LogP) is 4.08. The molecule has 0 fully saturated rings. The van der Waals surface area contributed by atoms with Crippen LogP contribution in [0.2, 0.25) is 0 Å². The van der Waals surface area contributed by atoms with E-state index in [1.807, 2.05) is 12.1 Å². The van der Waals surface area contributed by atoms with Crippen LogP contribution < -0.4 is 11.1 Å². The van der Waals surface area contributed by atoms with Crippen LogP contribution in [0.15, 0.2) is 24.3 Å². The number of nitrogens with two attached hydrogens (primary N) is 1. The first-order valence-corrected chi connectivity index (χ1v) is 7.63. The average molecular weight is 290 g/mol. The molecule has 0 aromatic heterocycles. The van der Waals surface area contributed by atoms with Crippen LogP contribution in [0.3, 0.4) is 0 Å². The Kier molecular flexibility index (Phi) is 5.57. The summed E-state index contributed by atoms with van der Waals surface area (Å²) in [6.07, 6.45) is 1.20. The Morgan fingerprint density at radius 1 is 1.10 bits per heavy atom. The van der Waals surface area contributed by atoms with E-state index in [2.05, 4.69) is 59.0 Å². The van der Waals surface area contributed by atoms with E-state index >= 15 is 0 Å². The molecule has 1 aromatic carbocycles. The van der Waals surface area contributed by atoms with E-state index in [1.165, 1.54) is 5.56 Å². The first kappa shape index (κ1) is 17.7. The number of hydrogen-bond donors (Lipinski definition) is 2. The second kappa shape index (κ2) is 6.61. The molecule has 0 heterocycles. The van der Waals surface area contributed by atoms with Gasteiger partial charge in [-0.3, -0.25) is 4.79 Å². The van der Waals surface area contributed by atoms with Crippen LogP contribution in [-0.2, 0) is 10.2 Å². The Morgan fingerprint density at radius 3 is 2.05 bits per heavy atom. The second-order valence-corrected chi connectivity index (χ2v) is 8.10. The van der Waals surface area contributed by atoms with Crippen LogP contribution in [0.1, 0.15) is 59.9 Å². The van der Waals surface area contributed by atoms with Gasteiger partial charge in [-0.25, -0.2) is 0 Å². The topological polar surface area (TPSA) is 55.1 Å². The van der Waals surface area contributed by atoms with Gasteiger partial charge in [0.05, 0.1) is 0 Å². The quantitative estimate of drug-likeness (QED) is 0.878. The molecule has 1 unspecified atom stereocenters. The molecule has 1 atom stereocenters. The normalized spacial score (nSPS) is 13.9. The highest BCUT2D eigenvalue weighted by atomic mass is 16.1. The van der Waals surface area contributed by atoms with Gasteiger partial charge >= 0.3 is 0 Å². The van der Waals surface area contributed by atoms with Crippen LogP contribution in [-0.4, -0.2) is 11.9 Å². The summed E-state index contributed by atoms with van der Waals surface area (Å²) in [5, 5.41) is 2.92. The van der Waals surface area contributed by atoms with Crippen molar-refractivity contribution in [1.29, 1.82) is 0 Å². The Balaban J connectivity index is 2.56. The van der Waals surface area contributed by atoms with Crippen LogP contribution in [0.4, 0.5) is 5.69 Å². The lowest BCUT2D eigenvalue weighted by Crippen LogP contribution is -2.31. The molecule has 21 heavy (non-hydrogen) atoms. The van der Waals surface area contributed by atoms with Crippen molar-refractivity contribution in [1.82, 2.24) is 0 Å². The molecule has 118 valence electrons. The molecule has 0 radical (unpaired) electrons. The van der Waals surface area contributed by atoms with E-state index in [-0.39, 0.29) is 22.8 Å². The lowest BCUT2D eigenvalue weighted by Gasteiger charge is -2.23. The summed E-state index contributed by atoms with van der Waals surface area (Å²) in [5.74, 6) is -0.0183. The molecule has 0 saturated heterocycles. The first-order chi connectivity index (χ1) is 9.47. The zero-order chi connectivity index (χ0) is 16.3. The van der Waals surface area contributed by atoms with E-state index < -0.39 is 0 Å². The van der Waals surface area contributed by atoms with Crippen molar-refractivity contribution in [3.63, 3.8) is 0 Å². The van der Waals surface area contributed by atoms with Gasteiger partial charge in [0.15, 0.2) is 0 Å². The van der Waals surface area contributed by atoms with E-state index in [0.717, 1.165) is 12.1 Å². The fourth-order valence-corrected chi connectivity index (χ4v) is 2.36. The van der Waals surface area contributed by atoms with E-state index in [9.17, 15) is 4.79 Å². The van der Waals surface area contributed by atoms with Crippen molar-refractivity contribution in [2.24, 2.45) is 11.1 Å². The number of carbonyl (C=O) groups is 1. The highest BCUT2D eigenvalue weighted by molar-refractivity contribution is 5.91. The van der Waals surface area contributed by atoms with E-state index in [4.69, 9.17) is 5.73 Å². The summed E-state index contributed by atoms with van der Waals surface area (Å²) >= 11 is 0. The highest BCUT2D eigenvalue weighted by Gasteiger charge is 2.18. The SMILES string of the molecule is CC(C)(C)CC(N)CC(=O)Nc1ccc(C(C)(C)C)cc1. The smallest absolute Gasteiger partial charge is 0.225 e. The number of anilines is 1. The van der Waals surface area contributed by atoms with Crippen LogP contribution >= 0.6 is 0 Å². The molecule has 0 bridgehead atoms. The van der Waals surface area contributed by atoms with E-state index in [1.54, 1.807) is 0 Å². The van der Waals surface area contributed by atoms with Gasteiger partial charge in [-0.05, 0) is 34.9 Å². The Labute approximate surface area is 129 Å². The third-order valence-corrected chi connectivity index (χ3v) is 3.36. The van der Waals surface area contributed by atoms with Gasteiger partial charge in [0.1, 0.15) is 0 Å². The van der Waals surface area contributed by atoms with Gasteiger partial charge in [-0.2, -0.15) is 0 Å². The summed E-state index contributed by atoms with van der Waals surface area (Å²) in [7, 11) is 0. The minimum atomic E-state index is -0.0983. The summed E-state index contributed by atoms with van der Waals surface area (Å²) in [6.45, 7) is 12.9. The van der Waals surface area contributed by atoms with Gasteiger partial charge in [0.25, 0.3) is 0 Å². The second-order valence-electron chi connectivity index (χ2n) is 8.10. The number of carbonyl (C=O) groups excluding carboxylic acids is 1. The van der Waals surface area contributed by atoms with Gasteiger partial charge in [-0.1, -0.05) is 53.7 Å². The molecule has 1 rings (SSSR count). The molecule has 0 saturated carbocycles. The summed E-state index contributed by atoms with van der Waals surface area (Å²) in [4.78, 5) is 12.0. The monoisotopic (exact) mass is 290 g/mol. The third kappa shape index (κ3) is 6.76. The zero-order valence-corrected chi connectivity index (χ0v) is 14.3. The molecular formula is C18H30N2O. The minimum absolute atomic E-state index is 0.0183. The van der Waals surface area contributed by atoms with E-state index in [0.29, 0.717) is 6.42 Å². The molecule has 1 amide bonds. The molecule has 3 N–H and O–H groups in total. The van der Waals surface area contributed by atoms with Crippen molar-refractivity contribution in [2.45, 2.75) is 65.8 Å². The van der Waals surface area contributed by atoms with Crippen molar-refractivity contribution in [3.8, 4) is 0 Å². The molecule has 3 heteroatoms.